The van der Waals surface area contributed by atoms with E-state index in [1.165, 1.54) is 11.6 Å². The first-order valence-electron chi connectivity index (χ1n) is 8.01. The van der Waals surface area contributed by atoms with Gasteiger partial charge in [-0.2, -0.15) is 0 Å². The summed E-state index contributed by atoms with van der Waals surface area (Å²) in [6.45, 7) is 22.1. The molecule has 1 aromatic rings. The maximum absolute atomic E-state index is 4.72. The van der Waals surface area contributed by atoms with Gasteiger partial charge in [0.15, 0.2) is 0 Å². The second kappa shape index (κ2) is 5.77. The van der Waals surface area contributed by atoms with Gasteiger partial charge in [-0.25, -0.2) is 0 Å². The second-order valence-corrected chi connectivity index (χ2v) is 16.6. The topological polar surface area (TPSA) is 0 Å². The first kappa shape index (κ1) is 18.8. The largest absolute Gasteiger partial charge is 0.143 e. The minimum atomic E-state index is -1.72. The first-order chi connectivity index (χ1) is 9.24. The van der Waals surface area contributed by atoms with Crippen LogP contribution in [0.2, 0.25) is 15.1 Å². The summed E-state index contributed by atoms with van der Waals surface area (Å²) in [5, 5.41) is 0.999. The number of hydrogen-bond donors (Lipinski definition) is 1. The number of rotatable bonds is 2. The molecule has 0 atom stereocenters. The molecule has 21 heavy (non-hydrogen) atoms. The van der Waals surface area contributed by atoms with E-state index in [0.717, 1.165) is 4.90 Å². The molecule has 120 valence electrons. The van der Waals surface area contributed by atoms with Crippen molar-refractivity contribution in [3.05, 3.63) is 29.8 Å². The molecule has 0 aliphatic heterocycles. The van der Waals surface area contributed by atoms with Crippen molar-refractivity contribution in [2.45, 2.75) is 88.4 Å². The highest BCUT2D eigenvalue weighted by molar-refractivity contribution is 7.80. The molecule has 1 rings (SSSR count). The van der Waals surface area contributed by atoms with Gasteiger partial charge >= 0.3 is 0 Å². The van der Waals surface area contributed by atoms with Crippen molar-refractivity contribution in [3.8, 4) is 0 Å². The minimum absolute atomic E-state index is 0.333. The highest BCUT2D eigenvalue weighted by Crippen LogP contribution is 2.63. The molecule has 2 heteroatoms. The van der Waals surface area contributed by atoms with Gasteiger partial charge in [-0.3, -0.25) is 0 Å². The van der Waals surface area contributed by atoms with Gasteiger partial charge in [-0.1, -0.05) is 80.5 Å². The first-order valence-corrected chi connectivity index (χ1v) is 10.7. The Bertz CT molecular complexity index is 447. The van der Waals surface area contributed by atoms with Gasteiger partial charge in [0.1, 0.15) is 0 Å². The van der Waals surface area contributed by atoms with Crippen LogP contribution in [-0.4, -0.2) is 8.07 Å². The summed E-state index contributed by atoms with van der Waals surface area (Å²) in [4.78, 5) is 1.15. The van der Waals surface area contributed by atoms with Crippen molar-refractivity contribution >= 4 is 20.7 Å². The van der Waals surface area contributed by atoms with E-state index in [1.54, 1.807) is 0 Å². The standard InChI is InChI=1S/C19H34SSi/c1-17(2,3)21(18(4,5)6,19(7,8)9)14-15-12-10-11-13-16(15)20/h10-13,20H,14H2,1-9H3. The highest BCUT2D eigenvalue weighted by atomic mass is 32.1. The molecule has 0 aliphatic carbocycles. The molecule has 0 saturated heterocycles. The molecular weight excluding hydrogens is 288 g/mol. The van der Waals surface area contributed by atoms with Gasteiger partial charge in [0, 0.05) is 4.90 Å². The SMILES string of the molecule is CC(C)(C)[Si](Cc1ccccc1S)(C(C)(C)C)C(C)(C)C. The van der Waals surface area contributed by atoms with Crippen molar-refractivity contribution in [2.24, 2.45) is 0 Å². The summed E-state index contributed by atoms with van der Waals surface area (Å²) in [6, 6.07) is 9.84. The monoisotopic (exact) mass is 322 g/mol. The highest BCUT2D eigenvalue weighted by Gasteiger charge is 2.59. The van der Waals surface area contributed by atoms with Crippen LogP contribution < -0.4 is 0 Å². The predicted molar refractivity (Wildman–Crippen MR) is 102 cm³/mol. The number of thiol groups is 1. The Kier molecular flexibility index (Phi) is 5.18. The quantitative estimate of drug-likeness (QED) is 0.444. The average molecular weight is 323 g/mol. The molecule has 0 bridgehead atoms. The minimum Gasteiger partial charge on any atom is -0.143 e. The molecule has 0 nitrogen and oxygen atoms in total. The van der Waals surface area contributed by atoms with Crippen LogP contribution in [0.1, 0.15) is 67.9 Å². The zero-order chi connectivity index (χ0) is 16.7. The van der Waals surface area contributed by atoms with E-state index >= 15 is 0 Å². The van der Waals surface area contributed by atoms with Crippen LogP contribution in [0.25, 0.3) is 0 Å². The summed E-state index contributed by atoms with van der Waals surface area (Å²) in [5.74, 6) is 0. The second-order valence-electron chi connectivity index (χ2n) is 9.46. The molecule has 0 N–H and O–H groups in total. The fourth-order valence-electron chi connectivity index (χ4n) is 5.12. The number of hydrogen-bond acceptors (Lipinski definition) is 1. The average Bonchev–Trinajstić information content (AvgIpc) is 2.22. The molecule has 0 radical (unpaired) electrons. The van der Waals surface area contributed by atoms with Crippen molar-refractivity contribution in [3.63, 3.8) is 0 Å². The van der Waals surface area contributed by atoms with Gasteiger partial charge < -0.3 is 0 Å². The normalized spacial score (nSPS) is 14.4. The van der Waals surface area contributed by atoms with Gasteiger partial charge in [-0.05, 0) is 32.8 Å². The van der Waals surface area contributed by atoms with E-state index in [-0.39, 0.29) is 0 Å². The molecule has 0 spiro atoms. The summed E-state index contributed by atoms with van der Waals surface area (Å²) in [7, 11) is -1.72. The van der Waals surface area contributed by atoms with Crippen LogP contribution in [0.15, 0.2) is 29.2 Å². The Balaban J connectivity index is 3.56. The maximum Gasteiger partial charge on any atom is 0.0741 e. The fourth-order valence-corrected chi connectivity index (χ4v) is 14.7. The smallest absolute Gasteiger partial charge is 0.0741 e. The Hall–Kier alpha value is -0.213. The van der Waals surface area contributed by atoms with E-state index < -0.39 is 8.07 Å². The van der Waals surface area contributed by atoms with Crippen LogP contribution in [0.5, 0.6) is 0 Å². The molecule has 0 heterocycles. The Morgan fingerprint density at radius 1 is 0.762 bits per heavy atom. The molecule has 0 saturated carbocycles. The van der Waals surface area contributed by atoms with Gasteiger partial charge in [-0.15, -0.1) is 12.6 Å². The lowest BCUT2D eigenvalue weighted by Crippen LogP contribution is -2.60. The van der Waals surface area contributed by atoms with Gasteiger partial charge in [0.2, 0.25) is 0 Å². The lowest BCUT2D eigenvalue weighted by molar-refractivity contribution is 0.525. The van der Waals surface area contributed by atoms with Crippen molar-refractivity contribution in [1.29, 1.82) is 0 Å². The fraction of sp³-hybridized carbons (Fsp3) is 0.684. The molecule has 0 aromatic heterocycles. The molecular formula is C19H34SSi. The number of benzene rings is 1. The molecule has 0 amide bonds. The lowest BCUT2D eigenvalue weighted by Gasteiger charge is -2.60. The Labute approximate surface area is 139 Å². The zero-order valence-electron chi connectivity index (χ0n) is 15.5. The molecule has 0 fully saturated rings. The summed E-state index contributed by atoms with van der Waals surface area (Å²) in [6.07, 6.45) is 0. The van der Waals surface area contributed by atoms with Crippen molar-refractivity contribution in [1.82, 2.24) is 0 Å². The van der Waals surface area contributed by atoms with E-state index in [4.69, 9.17) is 12.6 Å². The van der Waals surface area contributed by atoms with Crippen LogP contribution >= 0.6 is 12.6 Å². The van der Waals surface area contributed by atoms with Gasteiger partial charge in [0.05, 0.1) is 8.07 Å². The van der Waals surface area contributed by atoms with Crippen LogP contribution in [0, 0.1) is 0 Å². The summed E-state index contributed by atoms with van der Waals surface area (Å²) in [5.41, 5.74) is 1.42. The van der Waals surface area contributed by atoms with E-state index in [1.807, 2.05) is 0 Å². The van der Waals surface area contributed by atoms with E-state index in [2.05, 4.69) is 86.6 Å². The van der Waals surface area contributed by atoms with Gasteiger partial charge in [0.25, 0.3) is 0 Å². The van der Waals surface area contributed by atoms with Crippen molar-refractivity contribution < 1.29 is 0 Å². The summed E-state index contributed by atoms with van der Waals surface area (Å²) >= 11 is 4.72. The summed E-state index contributed by atoms with van der Waals surface area (Å²) < 4.78 is 0. The zero-order valence-corrected chi connectivity index (χ0v) is 17.4. The Morgan fingerprint density at radius 2 is 1.14 bits per heavy atom. The third-order valence-corrected chi connectivity index (χ3v) is 14.3. The molecule has 1 aromatic carbocycles. The van der Waals surface area contributed by atoms with E-state index in [0.29, 0.717) is 15.1 Å². The Morgan fingerprint density at radius 3 is 1.48 bits per heavy atom. The third-order valence-electron chi connectivity index (χ3n) is 5.29. The van der Waals surface area contributed by atoms with E-state index in [9.17, 15) is 0 Å². The molecule has 0 aliphatic rings. The van der Waals surface area contributed by atoms with Crippen molar-refractivity contribution in [2.75, 3.05) is 0 Å². The maximum atomic E-state index is 4.72. The van der Waals surface area contributed by atoms with Crippen LogP contribution in [0.3, 0.4) is 0 Å². The molecule has 0 unspecified atom stereocenters. The van der Waals surface area contributed by atoms with Crippen LogP contribution in [-0.2, 0) is 6.04 Å². The van der Waals surface area contributed by atoms with Crippen LogP contribution in [0.4, 0.5) is 0 Å². The third kappa shape index (κ3) is 3.42. The lowest BCUT2D eigenvalue weighted by atomic mass is 10.2. The predicted octanol–water partition coefficient (Wildman–Crippen LogP) is 6.91.